The minimum atomic E-state index is -0.889. The lowest BCUT2D eigenvalue weighted by molar-refractivity contribution is -0.143. The summed E-state index contributed by atoms with van der Waals surface area (Å²) in [6.45, 7) is 5.48. The Balaban J connectivity index is 1.46. The number of carbonyl (C=O) groups is 2. The Kier molecular flexibility index (Phi) is 9.45. The number of carboxylic acid groups (broad SMARTS) is 1. The van der Waals surface area contributed by atoms with Crippen LogP contribution >= 0.6 is 0 Å². The number of ether oxygens (including phenoxy) is 3. The summed E-state index contributed by atoms with van der Waals surface area (Å²) in [5, 5.41) is 13.8. The van der Waals surface area contributed by atoms with Crippen molar-refractivity contribution in [2.24, 2.45) is 5.92 Å². The van der Waals surface area contributed by atoms with E-state index in [1.165, 1.54) is 5.56 Å². The topological polar surface area (TPSA) is 97.3 Å². The van der Waals surface area contributed by atoms with Gasteiger partial charge in [0.15, 0.2) is 11.5 Å². The third-order valence-electron chi connectivity index (χ3n) is 8.45. The number of hydrogen-bond acceptors (Lipinski definition) is 6. The van der Waals surface area contributed by atoms with Crippen LogP contribution in [0.1, 0.15) is 60.0 Å². The molecule has 8 heteroatoms. The maximum Gasteiger partial charge on any atom is 0.309 e. The molecule has 0 radical (unpaired) electrons. The highest BCUT2D eigenvalue weighted by Crippen LogP contribution is 2.47. The van der Waals surface area contributed by atoms with Gasteiger partial charge < -0.3 is 24.6 Å². The van der Waals surface area contributed by atoms with Crippen molar-refractivity contribution in [3.05, 3.63) is 88.5 Å². The number of carboxylic acids is 1. The van der Waals surface area contributed by atoms with Crippen LogP contribution in [0.3, 0.4) is 0 Å². The third kappa shape index (κ3) is 6.30. The fourth-order valence-corrected chi connectivity index (χ4v) is 6.34. The molecule has 2 aliphatic heterocycles. The SMILES string of the molecule is CCc1cccc(CC)c1NC(=O)CN1C[C@H](c2ccc3c(c2)OCO3)C(C(=O)O)[C@@H]1c1ccc(CCCOC)cc1. The van der Waals surface area contributed by atoms with E-state index in [0.29, 0.717) is 24.7 Å². The fourth-order valence-electron chi connectivity index (χ4n) is 6.34. The molecule has 1 unspecified atom stereocenters. The van der Waals surface area contributed by atoms with Gasteiger partial charge >= 0.3 is 5.97 Å². The van der Waals surface area contributed by atoms with E-state index in [9.17, 15) is 14.7 Å². The number of carbonyl (C=O) groups excluding carboxylic acids is 1. The zero-order valence-electron chi connectivity index (χ0n) is 24.6. The van der Waals surface area contributed by atoms with Crippen molar-refractivity contribution in [2.45, 2.75) is 51.5 Å². The Hall–Kier alpha value is -3.88. The summed E-state index contributed by atoms with van der Waals surface area (Å²) in [7, 11) is 1.69. The summed E-state index contributed by atoms with van der Waals surface area (Å²) in [5.41, 5.74) is 5.96. The van der Waals surface area contributed by atoms with Gasteiger partial charge in [-0.2, -0.15) is 0 Å². The molecule has 0 spiro atoms. The summed E-state index contributed by atoms with van der Waals surface area (Å²) in [6, 6.07) is 19.4. The number of likely N-dealkylation sites (tertiary alicyclic amines) is 1. The van der Waals surface area contributed by atoms with Gasteiger partial charge in [-0.25, -0.2) is 0 Å². The van der Waals surface area contributed by atoms with Crippen molar-refractivity contribution < 1.29 is 28.9 Å². The van der Waals surface area contributed by atoms with Gasteiger partial charge in [0.2, 0.25) is 12.7 Å². The molecule has 0 bridgehead atoms. The number of hydrogen-bond donors (Lipinski definition) is 2. The van der Waals surface area contributed by atoms with E-state index in [0.717, 1.165) is 53.6 Å². The predicted octanol–water partition coefficient (Wildman–Crippen LogP) is 5.60. The van der Waals surface area contributed by atoms with Crippen molar-refractivity contribution in [3.63, 3.8) is 0 Å². The summed E-state index contributed by atoms with van der Waals surface area (Å²) in [4.78, 5) is 28.6. The quantitative estimate of drug-likeness (QED) is 0.273. The lowest BCUT2D eigenvalue weighted by Gasteiger charge is -2.27. The van der Waals surface area contributed by atoms with E-state index in [4.69, 9.17) is 14.2 Å². The van der Waals surface area contributed by atoms with Crippen LogP contribution in [0.15, 0.2) is 60.7 Å². The maximum atomic E-state index is 13.6. The number of aryl methyl sites for hydroxylation is 3. The monoisotopic (exact) mass is 572 g/mol. The van der Waals surface area contributed by atoms with E-state index in [1.54, 1.807) is 7.11 Å². The van der Waals surface area contributed by atoms with Gasteiger partial charge in [0.25, 0.3) is 0 Å². The molecule has 3 aromatic carbocycles. The van der Waals surface area contributed by atoms with Crippen LogP contribution in [0.5, 0.6) is 11.5 Å². The Morgan fingerprint density at radius 3 is 2.33 bits per heavy atom. The largest absolute Gasteiger partial charge is 0.481 e. The number of amides is 1. The van der Waals surface area contributed by atoms with Crippen LogP contribution in [0.25, 0.3) is 0 Å². The second kappa shape index (κ2) is 13.4. The summed E-state index contributed by atoms with van der Waals surface area (Å²) in [5.74, 6) is -0.867. The van der Waals surface area contributed by atoms with Crippen LogP contribution in [0.2, 0.25) is 0 Å². The number of benzene rings is 3. The van der Waals surface area contributed by atoms with Crippen molar-refractivity contribution in [3.8, 4) is 11.5 Å². The molecular formula is C34H40N2O6. The third-order valence-corrected chi connectivity index (χ3v) is 8.45. The maximum absolute atomic E-state index is 13.6. The molecule has 42 heavy (non-hydrogen) atoms. The number of fused-ring (bicyclic) bond motifs is 1. The first kappa shape index (κ1) is 29.6. The molecule has 1 fully saturated rings. The Morgan fingerprint density at radius 1 is 0.976 bits per heavy atom. The molecule has 2 heterocycles. The first-order chi connectivity index (χ1) is 20.4. The van der Waals surface area contributed by atoms with Crippen LogP contribution in [0, 0.1) is 5.92 Å². The van der Waals surface area contributed by atoms with E-state index in [2.05, 4.69) is 31.3 Å². The molecule has 3 atom stereocenters. The molecule has 2 aliphatic rings. The lowest BCUT2D eigenvalue weighted by atomic mass is 9.82. The highest BCUT2D eigenvalue weighted by atomic mass is 16.7. The zero-order chi connectivity index (χ0) is 29.6. The van der Waals surface area contributed by atoms with Crippen LogP contribution in [-0.2, 0) is 33.6 Å². The summed E-state index contributed by atoms with van der Waals surface area (Å²) >= 11 is 0. The first-order valence-electron chi connectivity index (χ1n) is 14.8. The molecule has 3 aromatic rings. The second-order valence-corrected chi connectivity index (χ2v) is 11.0. The molecule has 1 saturated heterocycles. The molecular weight excluding hydrogens is 532 g/mol. The number of nitrogens with one attached hydrogen (secondary N) is 1. The van der Waals surface area contributed by atoms with Gasteiger partial charge in [-0.1, -0.05) is 62.4 Å². The normalized spacial score (nSPS) is 19.6. The van der Waals surface area contributed by atoms with Gasteiger partial charge in [0, 0.05) is 37.9 Å². The van der Waals surface area contributed by atoms with Crippen LogP contribution in [0.4, 0.5) is 5.69 Å². The number of nitrogens with zero attached hydrogens (tertiary/aromatic N) is 1. The molecule has 1 amide bonds. The van der Waals surface area contributed by atoms with Crippen molar-refractivity contribution in [2.75, 3.05) is 38.9 Å². The van der Waals surface area contributed by atoms with Crippen molar-refractivity contribution in [1.29, 1.82) is 0 Å². The second-order valence-electron chi connectivity index (χ2n) is 11.0. The van der Waals surface area contributed by atoms with Gasteiger partial charge in [-0.15, -0.1) is 0 Å². The zero-order valence-corrected chi connectivity index (χ0v) is 24.6. The molecule has 0 saturated carbocycles. The molecule has 222 valence electrons. The highest BCUT2D eigenvalue weighted by Gasteiger charge is 2.48. The van der Waals surface area contributed by atoms with E-state index in [-0.39, 0.29) is 25.2 Å². The van der Waals surface area contributed by atoms with E-state index in [1.807, 2.05) is 53.4 Å². The minimum Gasteiger partial charge on any atom is -0.481 e. The Morgan fingerprint density at radius 2 is 1.67 bits per heavy atom. The molecule has 2 N–H and O–H groups in total. The standard InChI is InChI=1S/C34H40N2O6/c1-4-23-9-6-10-24(5-2)32(23)35-30(37)20-36-19-27(26-15-16-28-29(18-26)42-21-41-28)31(34(38)39)33(36)25-13-11-22(12-14-25)8-7-17-40-3/h6,9-16,18,27,31,33H,4-5,7-8,17,19-21H2,1-3H3,(H,35,37)(H,38,39)/t27-,31?,33+/m1/s1. The predicted molar refractivity (Wildman–Crippen MR) is 161 cm³/mol. The highest BCUT2D eigenvalue weighted by molar-refractivity contribution is 5.94. The molecule has 0 aromatic heterocycles. The smallest absolute Gasteiger partial charge is 0.309 e. The number of aliphatic carboxylic acids is 1. The molecule has 0 aliphatic carbocycles. The van der Waals surface area contributed by atoms with Gasteiger partial charge in [-0.3, -0.25) is 14.5 Å². The Bertz CT molecular complexity index is 1380. The van der Waals surface area contributed by atoms with Crippen LogP contribution < -0.4 is 14.8 Å². The fraction of sp³-hybridized carbons (Fsp3) is 0.412. The first-order valence-corrected chi connectivity index (χ1v) is 14.8. The molecule has 8 nitrogen and oxygen atoms in total. The Labute approximate surface area is 247 Å². The van der Waals surface area contributed by atoms with Crippen LogP contribution in [-0.4, -0.2) is 55.5 Å². The average molecular weight is 573 g/mol. The number of anilines is 1. The number of methoxy groups -OCH3 is 1. The van der Waals surface area contributed by atoms with Gasteiger partial charge in [-0.05, 0) is 65.6 Å². The minimum absolute atomic E-state index is 0.0757. The lowest BCUT2D eigenvalue weighted by Crippen LogP contribution is -2.35. The van der Waals surface area contributed by atoms with Crippen molar-refractivity contribution >= 4 is 17.6 Å². The average Bonchev–Trinajstić information content (AvgIpc) is 3.62. The van der Waals surface area contributed by atoms with Gasteiger partial charge in [0.05, 0.1) is 12.5 Å². The van der Waals surface area contributed by atoms with Crippen molar-refractivity contribution in [1.82, 2.24) is 4.90 Å². The van der Waals surface area contributed by atoms with Gasteiger partial charge in [0.1, 0.15) is 0 Å². The summed E-state index contributed by atoms with van der Waals surface area (Å²) in [6.07, 6.45) is 3.40. The number of para-hydroxylation sites is 1. The molecule has 5 rings (SSSR count). The number of rotatable bonds is 12. The summed E-state index contributed by atoms with van der Waals surface area (Å²) < 4.78 is 16.3. The van der Waals surface area contributed by atoms with E-state index < -0.39 is 17.9 Å². The van der Waals surface area contributed by atoms with E-state index >= 15 is 0 Å².